The Morgan fingerprint density at radius 3 is 1.93 bits per heavy atom. The first-order chi connectivity index (χ1) is 13.5. The van der Waals surface area contributed by atoms with Crippen molar-refractivity contribution in [2.24, 2.45) is 0 Å². The molecule has 146 valence electrons. The summed E-state index contributed by atoms with van der Waals surface area (Å²) in [5.74, 6) is -0.891. The van der Waals surface area contributed by atoms with Crippen LogP contribution in [0.2, 0.25) is 0 Å². The monoisotopic (exact) mass is 405 g/mol. The van der Waals surface area contributed by atoms with Gasteiger partial charge in [-0.25, -0.2) is 17.2 Å². The summed E-state index contributed by atoms with van der Waals surface area (Å²) in [6.45, 7) is 0.869. The van der Waals surface area contributed by atoms with E-state index in [2.05, 4.69) is 10.2 Å². The SMILES string of the molecule is O=S(=O)(c1c(F)cccc1F)N1CCN(c2ccc(-n3cccc3)nn2)CC1. The predicted molar refractivity (Wildman–Crippen MR) is 98.7 cm³/mol. The second-order valence-electron chi connectivity index (χ2n) is 6.28. The highest BCUT2D eigenvalue weighted by atomic mass is 32.2. The fourth-order valence-electron chi connectivity index (χ4n) is 3.13. The average Bonchev–Trinajstić information content (AvgIpc) is 3.23. The summed E-state index contributed by atoms with van der Waals surface area (Å²) in [6, 6.07) is 10.4. The molecule has 3 heterocycles. The van der Waals surface area contributed by atoms with Crippen molar-refractivity contribution in [3.05, 3.63) is 66.5 Å². The van der Waals surface area contributed by atoms with Crippen LogP contribution in [0.4, 0.5) is 14.6 Å². The molecule has 0 unspecified atom stereocenters. The molecule has 3 aromatic rings. The minimum absolute atomic E-state index is 0.0944. The molecule has 0 atom stereocenters. The molecule has 1 fully saturated rings. The number of anilines is 1. The maximum Gasteiger partial charge on any atom is 0.249 e. The van der Waals surface area contributed by atoms with Crippen LogP contribution in [0.1, 0.15) is 0 Å². The average molecular weight is 405 g/mol. The molecule has 4 rings (SSSR count). The maximum atomic E-state index is 13.9. The Kier molecular flexibility index (Phi) is 4.82. The fraction of sp³-hybridized carbons (Fsp3) is 0.222. The summed E-state index contributed by atoms with van der Waals surface area (Å²) >= 11 is 0. The molecule has 0 bridgehead atoms. The number of piperazine rings is 1. The molecule has 0 radical (unpaired) electrons. The first-order valence-corrected chi connectivity index (χ1v) is 10.1. The third kappa shape index (κ3) is 3.36. The molecule has 1 aliphatic rings. The number of aromatic nitrogens is 3. The van der Waals surface area contributed by atoms with Gasteiger partial charge in [0.25, 0.3) is 0 Å². The summed E-state index contributed by atoms with van der Waals surface area (Å²) < 4.78 is 56.0. The van der Waals surface area contributed by atoms with Crippen LogP contribution < -0.4 is 4.90 Å². The first kappa shape index (κ1) is 18.5. The van der Waals surface area contributed by atoms with E-state index in [4.69, 9.17) is 0 Å². The molecule has 1 aromatic carbocycles. The highest BCUT2D eigenvalue weighted by Gasteiger charge is 2.33. The van der Waals surface area contributed by atoms with E-state index < -0.39 is 26.6 Å². The molecule has 7 nitrogen and oxygen atoms in total. The van der Waals surface area contributed by atoms with Gasteiger partial charge >= 0.3 is 0 Å². The van der Waals surface area contributed by atoms with Crippen LogP contribution in [0.25, 0.3) is 5.82 Å². The lowest BCUT2D eigenvalue weighted by Crippen LogP contribution is -2.49. The van der Waals surface area contributed by atoms with Gasteiger partial charge in [-0.05, 0) is 36.4 Å². The summed E-state index contributed by atoms with van der Waals surface area (Å²) in [4.78, 5) is 0.982. The molecule has 28 heavy (non-hydrogen) atoms. The Labute approximate surface area is 160 Å². The molecular formula is C18H17F2N5O2S. The molecule has 1 aliphatic heterocycles. The molecule has 0 N–H and O–H groups in total. The van der Waals surface area contributed by atoms with Gasteiger partial charge in [-0.3, -0.25) is 0 Å². The summed E-state index contributed by atoms with van der Waals surface area (Å²) in [6.07, 6.45) is 3.71. The lowest BCUT2D eigenvalue weighted by atomic mass is 10.3. The van der Waals surface area contributed by atoms with Crippen LogP contribution in [0.3, 0.4) is 0 Å². The van der Waals surface area contributed by atoms with Crippen LogP contribution in [0, 0.1) is 11.6 Å². The van der Waals surface area contributed by atoms with E-state index in [0.29, 0.717) is 24.7 Å². The third-order valence-electron chi connectivity index (χ3n) is 4.58. The minimum atomic E-state index is -4.25. The van der Waals surface area contributed by atoms with Crippen LogP contribution in [0.15, 0.2) is 59.8 Å². The molecule has 0 amide bonds. The van der Waals surface area contributed by atoms with E-state index in [1.807, 2.05) is 46.1 Å². The van der Waals surface area contributed by atoms with Crippen molar-refractivity contribution >= 4 is 15.8 Å². The lowest BCUT2D eigenvalue weighted by molar-refractivity contribution is 0.377. The van der Waals surface area contributed by atoms with E-state index >= 15 is 0 Å². The smallest absolute Gasteiger partial charge is 0.249 e. The van der Waals surface area contributed by atoms with E-state index in [1.165, 1.54) is 0 Å². The Bertz CT molecular complexity index is 1040. The first-order valence-electron chi connectivity index (χ1n) is 8.63. The van der Waals surface area contributed by atoms with Crippen molar-refractivity contribution in [3.63, 3.8) is 0 Å². The van der Waals surface area contributed by atoms with E-state index in [9.17, 15) is 17.2 Å². The number of hydrogen-bond donors (Lipinski definition) is 0. The van der Waals surface area contributed by atoms with E-state index in [-0.39, 0.29) is 13.1 Å². The third-order valence-corrected chi connectivity index (χ3v) is 6.54. The van der Waals surface area contributed by atoms with Crippen molar-refractivity contribution < 1.29 is 17.2 Å². The number of nitrogens with zero attached hydrogens (tertiary/aromatic N) is 5. The Hall–Kier alpha value is -2.85. The number of rotatable bonds is 4. The van der Waals surface area contributed by atoms with Gasteiger partial charge in [0, 0.05) is 38.6 Å². The van der Waals surface area contributed by atoms with Crippen LogP contribution >= 0.6 is 0 Å². The minimum Gasteiger partial charge on any atom is -0.352 e. The normalized spacial score (nSPS) is 15.7. The number of hydrogen-bond acceptors (Lipinski definition) is 5. The standard InChI is InChI=1S/C18H17F2N5O2S/c19-14-4-3-5-15(20)18(14)28(26,27)25-12-10-24(11-13-25)17-7-6-16(21-22-17)23-8-1-2-9-23/h1-9H,10-13H2. The Morgan fingerprint density at radius 1 is 0.786 bits per heavy atom. The van der Waals surface area contributed by atoms with Crippen LogP contribution in [-0.2, 0) is 10.0 Å². The van der Waals surface area contributed by atoms with Crippen LogP contribution in [-0.4, -0.2) is 53.7 Å². The van der Waals surface area contributed by atoms with Gasteiger partial charge in [-0.2, -0.15) is 4.31 Å². The summed E-state index contributed by atoms with van der Waals surface area (Å²) in [7, 11) is -4.25. The number of sulfonamides is 1. The van der Waals surface area contributed by atoms with Gasteiger partial charge in [0.2, 0.25) is 10.0 Å². The largest absolute Gasteiger partial charge is 0.352 e. The molecule has 10 heteroatoms. The van der Waals surface area contributed by atoms with Gasteiger partial charge < -0.3 is 9.47 Å². The second-order valence-corrected chi connectivity index (χ2v) is 8.16. The zero-order valence-electron chi connectivity index (χ0n) is 14.7. The van der Waals surface area contributed by atoms with Gasteiger partial charge in [-0.15, -0.1) is 10.2 Å². The topological polar surface area (TPSA) is 71.3 Å². The number of halogens is 2. The fourth-order valence-corrected chi connectivity index (χ4v) is 4.66. The molecule has 2 aromatic heterocycles. The van der Waals surface area contributed by atoms with Gasteiger partial charge in [0.1, 0.15) is 11.6 Å². The van der Waals surface area contributed by atoms with Crippen molar-refractivity contribution in [2.45, 2.75) is 4.90 Å². The maximum absolute atomic E-state index is 13.9. The molecule has 0 spiro atoms. The predicted octanol–water partition coefficient (Wildman–Crippen LogP) is 2.06. The van der Waals surface area contributed by atoms with Crippen molar-refractivity contribution in [1.29, 1.82) is 0 Å². The molecule has 0 aliphatic carbocycles. The lowest BCUT2D eigenvalue weighted by Gasteiger charge is -2.34. The molecule has 0 saturated carbocycles. The van der Waals surface area contributed by atoms with Crippen LogP contribution in [0.5, 0.6) is 0 Å². The van der Waals surface area contributed by atoms with Gasteiger partial charge in [0.15, 0.2) is 16.5 Å². The Balaban J connectivity index is 1.47. The van der Waals surface area contributed by atoms with Gasteiger partial charge in [0.05, 0.1) is 0 Å². The van der Waals surface area contributed by atoms with E-state index in [1.54, 1.807) is 0 Å². The van der Waals surface area contributed by atoms with Gasteiger partial charge in [-0.1, -0.05) is 6.07 Å². The van der Waals surface area contributed by atoms with Crippen molar-refractivity contribution in [3.8, 4) is 5.82 Å². The number of benzene rings is 1. The highest BCUT2D eigenvalue weighted by Crippen LogP contribution is 2.24. The zero-order chi connectivity index (χ0) is 19.7. The highest BCUT2D eigenvalue weighted by molar-refractivity contribution is 7.89. The molecular weight excluding hydrogens is 388 g/mol. The quantitative estimate of drug-likeness (QED) is 0.665. The molecule has 1 saturated heterocycles. The second kappa shape index (κ2) is 7.28. The Morgan fingerprint density at radius 2 is 1.36 bits per heavy atom. The zero-order valence-corrected chi connectivity index (χ0v) is 15.6. The van der Waals surface area contributed by atoms with Crippen molar-refractivity contribution in [2.75, 3.05) is 31.1 Å². The van der Waals surface area contributed by atoms with E-state index in [0.717, 1.165) is 22.5 Å². The summed E-state index contributed by atoms with van der Waals surface area (Å²) in [5, 5.41) is 8.37. The summed E-state index contributed by atoms with van der Waals surface area (Å²) in [5.41, 5.74) is 0. The van der Waals surface area contributed by atoms with Crippen molar-refractivity contribution in [1.82, 2.24) is 19.1 Å².